The van der Waals surface area contributed by atoms with Crippen molar-refractivity contribution in [2.75, 3.05) is 29.5 Å². The van der Waals surface area contributed by atoms with E-state index in [0.717, 1.165) is 24.2 Å². The SMILES string of the molecule is O=C(COC(=O)c1ccc(N2CCCC2=O)cc1)c1ccc(N2CCCC2=O)cc1. The molecule has 2 amide bonds. The molecule has 2 aliphatic rings. The van der Waals surface area contributed by atoms with Crippen LogP contribution in [-0.4, -0.2) is 43.3 Å². The number of ketones is 1. The molecule has 0 N–H and O–H groups in total. The Kier molecular flexibility index (Phi) is 5.61. The van der Waals surface area contributed by atoms with Gasteiger partial charge in [0, 0.05) is 42.9 Å². The number of nitrogens with zero attached hydrogens (tertiary/aromatic N) is 2. The standard InChI is InChI=1S/C23H22N2O5/c26-20(16-5-9-18(10-6-16)24-13-1-3-21(24)27)15-30-23(29)17-7-11-19(12-8-17)25-14-2-4-22(25)28/h5-12H,1-4,13-15H2. The van der Waals surface area contributed by atoms with Gasteiger partial charge in [-0.1, -0.05) is 0 Å². The van der Waals surface area contributed by atoms with Crippen LogP contribution in [0.15, 0.2) is 48.5 Å². The number of ether oxygens (including phenoxy) is 1. The largest absolute Gasteiger partial charge is 0.454 e. The number of carbonyl (C=O) groups is 4. The third-order valence-electron chi connectivity index (χ3n) is 5.40. The van der Waals surface area contributed by atoms with E-state index in [1.54, 1.807) is 58.3 Å². The summed E-state index contributed by atoms with van der Waals surface area (Å²) in [4.78, 5) is 51.6. The maximum absolute atomic E-state index is 12.3. The summed E-state index contributed by atoms with van der Waals surface area (Å²) >= 11 is 0. The van der Waals surface area contributed by atoms with E-state index < -0.39 is 5.97 Å². The van der Waals surface area contributed by atoms with Crippen LogP contribution in [0.3, 0.4) is 0 Å². The maximum atomic E-state index is 12.3. The number of hydrogen-bond acceptors (Lipinski definition) is 5. The van der Waals surface area contributed by atoms with Gasteiger partial charge in [0.15, 0.2) is 12.4 Å². The fourth-order valence-electron chi connectivity index (χ4n) is 3.74. The molecule has 0 saturated carbocycles. The Morgan fingerprint density at radius 1 is 0.733 bits per heavy atom. The van der Waals surface area contributed by atoms with Gasteiger partial charge in [-0.05, 0) is 61.4 Å². The van der Waals surface area contributed by atoms with Gasteiger partial charge in [-0.2, -0.15) is 0 Å². The van der Waals surface area contributed by atoms with E-state index in [9.17, 15) is 19.2 Å². The number of Topliss-reactive ketones (excluding diaryl/α,β-unsaturated/α-hetero) is 1. The molecular formula is C23H22N2O5. The number of carbonyl (C=O) groups excluding carboxylic acids is 4. The van der Waals surface area contributed by atoms with Crippen molar-refractivity contribution < 1.29 is 23.9 Å². The normalized spacial score (nSPS) is 16.3. The first-order valence-corrected chi connectivity index (χ1v) is 10.0. The highest BCUT2D eigenvalue weighted by atomic mass is 16.5. The van der Waals surface area contributed by atoms with Crippen molar-refractivity contribution in [3.05, 3.63) is 59.7 Å². The van der Waals surface area contributed by atoms with Crippen molar-refractivity contribution >= 4 is 34.9 Å². The van der Waals surface area contributed by atoms with Crippen LogP contribution in [0.25, 0.3) is 0 Å². The molecule has 154 valence electrons. The lowest BCUT2D eigenvalue weighted by atomic mass is 10.1. The molecule has 7 nitrogen and oxygen atoms in total. The Balaban J connectivity index is 1.32. The van der Waals surface area contributed by atoms with Gasteiger partial charge in [0.05, 0.1) is 5.56 Å². The molecule has 2 aromatic carbocycles. The summed E-state index contributed by atoms with van der Waals surface area (Å²) in [7, 11) is 0. The van der Waals surface area contributed by atoms with Crippen molar-refractivity contribution in [3.8, 4) is 0 Å². The summed E-state index contributed by atoms with van der Waals surface area (Å²) in [6.07, 6.45) is 2.76. The second-order valence-corrected chi connectivity index (χ2v) is 7.39. The molecule has 7 heteroatoms. The summed E-state index contributed by atoms with van der Waals surface area (Å²) < 4.78 is 5.14. The molecule has 0 aromatic heterocycles. The van der Waals surface area contributed by atoms with Crippen LogP contribution < -0.4 is 9.80 Å². The lowest BCUT2D eigenvalue weighted by molar-refractivity contribution is -0.117. The van der Waals surface area contributed by atoms with Crippen LogP contribution in [0.2, 0.25) is 0 Å². The summed E-state index contributed by atoms with van der Waals surface area (Å²) in [5.41, 5.74) is 2.26. The molecule has 0 aliphatic carbocycles. The van der Waals surface area contributed by atoms with E-state index in [2.05, 4.69) is 0 Å². The fraction of sp³-hybridized carbons (Fsp3) is 0.304. The lowest BCUT2D eigenvalue weighted by Crippen LogP contribution is -2.23. The first kappa shape index (κ1) is 19.8. The van der Waals surface area contributed by atoms with Gasteiger partial charge in [-0.15, -0.1) is 0 Å². The monoisotopic (exact) mass is 406 g/mol. The quantitative estimate of drug-likeness (QED) is 0.544. The average Bonchev–Trinajstić information content (AvgIpc) is 3.40. The average molecular weight is 406 g/mol. The topological polar surface area (TPSA) is 84.0 Å². The summed E-state index contributed by atoms with van der Waals surface area (Å²) in [6.45, 7) is 1.00. The molecule has 2 aromatic rings. The summed E-state index contributed by atoms with van der Waals surface area (Å²) in [5.74, 6) is -0.747. The van der Waals surface area contributed by atoms with Crippen molar-refractivity contribution in [1.82, 2.24) is 0 Å². The molecule has 0 bridgehead atoms. The number of anilines is 2. The van der Waals surface area contributed by atoms with Crippen molar-refractivity contribution in [1.29, 1.82) is 0 Å². The fourth-order valence-corrected chi connectivity index (χ4v) is 3.74. The molecule has 0 atom stereocenters. The zero-order valence-electron chi connectivity index (χ0n) is 16.5. The Hall–Kier alpha value is -3.48. The summed E-state index contributed by atoms with van der Waals surface area (Å²) in [5, 5.41) is 0. The highest BCUT2D eigenvalue weighted by Crippen LogP contribution is 2.23. The third kappa shape index (κ3) is 4.10. The molecule has 2 fully saturated rings. The number of esters is 1. The van der Waals surface area contributed by atoms with Gasteiger partial charge in [0.1, 0.15) is 0 Å². The van der Waals surface area contributed by atoms with E-state index in [-0.39, 0.29) is 24.2 Å². The molecule has 30 heavy (non-hydrogen) atoms. The van der Waals surface area contributed by atoms with Crippen molar-refractivity contribution in [2.24, 2.45) is 0 Å². The van der Waals surface area contributed by atoms with Gasteiger partial charge < -0.3 is 14.5 Å². The first-order valence-electron chi connectivity index (χ1n) is 10.0. The lowest BCUT2D eigenvalue weighted by Gasteiger charge is -2.16. The highest BCUT2D eigenvalue weighted by Gasteiger charge is 2.23. The predicted molar refractivity (Wildman–Crippen MR) is 111 cm³/mol. The van der Waals surface area contributed by atoms with E-state index in [1.807, 2.05) is 0 Å². The van der Waals surface area contributed by atoms with Crippen molar-refractivity contribution in [3.63, 3.8) is 0 Å². The highest BCUT2D eigenvalue weighted by molar-refractivity contribution is 6.01. The Labute approximate surface area is 174 Å². The maximum Gasteiger partial charge on any atom is 0.338 e. The molecule has 0 unspecified atom stereocenters. The number of hydrogen-bond donors (Lipinski definition) is 0. The minimum Gasteiger partial charge on any atom is -0.454 e. The first-order chi connectivity index (χ1) is 14.5. The number of rotatable bonds is 6. The molecule has 2 saturated heterocycles. The van der Waals surface area contributed by atoms with Crippen LogP contribution in [0.1, 0.15) is 46.4 Å². The van der Waals surface area contributed by atoms with Crippen molar-refractivity contribution in [2.45, 2.75) is 25.7 Å². The van der Waals surface area contributed by atoms with Crippen LogP contribution in [-0.2, 0) is 14.3 Å². The van der Waals surface area contributed by atoms with Gasteiger partial charge in [-0.3, -0.25) is 14.4 Å². The van der Waals surface area contributed by atoms with E-state index in [1.165, 1.54) is 0 Å². The van der Waals surface area contributed by atoms with Gasteiger partial charge in [0.2, 0.25) is 11.8 Å². The second kappa shape index (κ2) is 8.49. The number of benzene rings is 2. The zero-order chi connectivity index (χ0) is 21.1. The van der Waals surface area contributed by atoms with Gasteiger partial charge in [0.25, 0.3) is 0 Å². The van der Waals surface area contributed by atoms with Gasteiger partial charge in [-0.25, -0.2) is 4.79 Å². The third-order valence-corrected chi connectivity index (χ3v) is 5.40. The summed E-state index contributed by atoms with van der Waals surface area (Å²) in [6, 6.07) is 13.3. The van der Waals surface area contributed by atoms with E-state index in [4.69, 9.17) is 4.74 Å². The van der Waals surface area contributed by atoms with Crippen LogP contribution in [0.4, 0.5) is 11.4 Å². The molecule has 0 spiro atoms. The van der Waals surface area contributed by atoms with E-state index in [0.29, 0.717) is 37.1 Å². The Morgan fingerprint density at radius 2 is 1.20 bits per heavy atom. The predicted octanol–water partition coefficient (Wildman–Crippen LogP) is 2.98. The molecule has 4 rings (SSSR count). The molecule has 2 aliphatic heterocycles. The molecular weight excluding hydrogens is 384 g/mol. The zero-order valence-corrected chi connectivity index (χ0v) is 16.5. The van der Waals surface area contributed by atoms with Crippen LogP contribution in [0, 0.1) is 0 Å². The molecule has 2 heterocycles. The van der Waals surface area contributed by atoms with E-state index >= 15 is 0 Å². The van der Waals surface area contributed by atoms with Gasteiger partial charge >= 0.3 is 5.97 Å². The van der Waals surface area contributed by atoms with Crippen LogP contribution in [0.5, 0.6) is 0 Å². The Bertz CT molecular complexity index is 900. The minimum absolute atomic E-state index is 0.0797. The smallest absolute Gasteiger partial charge is 0.338 e. The van der Waals surface area contributed by atoms with Crippen LogP contribution >= 0.6 is 0 Å². The molecule has 0 radical (unpaired) electrons. The minimum atomic E-state index is -0.595. The second-order valence-electron chi connectivity index (χ2n) is 7.39. The number of amides is 2. The Morgan fingerprint density at radius 3 is 1.63 bits per heavy atom.